The van der Waals surface area contributed by atoms with Gasteiger partial charge in [-0.25, -0.2) is 0 Å². The van der Waals surface area contributed by atoms with E-state index in [4.69, 9.17) is 0 Å². The van der Waals surface area contributed by atoms with E-state index in [1.165, 1.54) is 32.6 Å². The molecule has 0 atom stereocenters. The molecule has 12 rings (SSSR count). The van der Waals surface area contributed by atoms with Crippen LogP contribution in [0.25, 0.3) is 105 Å². The summed E-state index contributed by atoms with van der Waals surface area (Å²) in [7, 11) is 0. The molecular weight excluding hydrogens is 743 g/mol. The van der Waals surface area contributed by atoms with Crippen molar-refractivity contribution in [3.8, 4) is 51.5 Å². The maximum absolute atomic E-state index is 9.99. The highest BCUT2D eigenvalue weighted by Gasteiger charge is 2.23. The van der Waals surface area contributed by atoms with Crippen molar-refractivity contribution >= 4 is 65.4 Å². The fraction of sp³-hybridized carbons (Fsp3) is 0. The molecule has 0 N–H and O–H groups in total. The van der Waals surface area contributed by atoms with E-state index in [0.717, 1.165) is 72.2 Å². The van der Waals surface area contributed by atoms with E-state index >= 15 is 0 Å². The van der Waals surface area contributed by atoms with Crippen LogP contribution in [-0.2, 0) is 0 Å². The fourth-order valence-electron chi connectivity index (χ4n) is 9.69. The first-order chi connectivity index (χ1) is 30.2. The molecule has 0 spiro atoms. The Morgan fingerprint density at radius 3 is 1.57 bits per heavy atom. The molecule has 0 bridgehead atoms. The number of nitrogens with zero attached hydrogens (tertiary/aromatic N) is 5. The average Bonchev–Trinajstić information content (AvgIpc) is 3.97. The number of aromatic nitrogens is 3. The summed E-state index contributed by atoms with van der Waals surface area (Å²) in [5.74, 6) is 0. The zero-order valence-electron chi connectivity index (χ0n) is 32.8. The van der Waals surface area contributed by atoms with Crippen molar-refractivity contribution in [2.45, 2.75) is 0 Å². The molecule has 5 heteroatoms. The molecule has 0 radical (unpaired) electrons. The van der Waals surface area contributed by atoms with Crippen molar-refractivity contribution in [2.24, 2.45) is 0 Å². The van der Waals surface area contributed by atoms with Gasteiger partial charge in [-0.2, -0.15) is 10.5 Å². The number of nitriles is 2. The first-order valence-corrected chi connectivity index (χ1v) is 20.4. The summed E-state index contributed by atoms with van der Waals surface area (Å²) in [5, 5.41) is 26.9. The van der Waals surface area contributed by atoms with Crippen LogP contribution in [0.1, 0.15) is 11.1 Å². The number of rotatable bonds is 5. The molecule has 0 unspecified atom stereocenters. The van der Waals surface area contributed by atoms with Crippen LogP contribution in [0.3, 0.4) is 0 Å². The maximum atomic E-state index is 9.99. The van der Waals surface area contributed by atoms with Gasteiger partial charge in [0.2, 0.25) is 0 Å². The van der Waals surface area contributed by atoms with Crippen molar-refractivity contribution in [3.05, 3.63) is 211 Å². The second kappa shape index (κ2) is 13.5. The molecule has 0 aliphatic carbocycles. The van der Waals surface area contributed by atoms with Crippen molar-refractivity contribution < 1.29 is 0 Å². The van der Waals surface area contributed by atoms with Crippen molar-refractivity contribution in [2.75, 3.05) is 0 Å². The van der Waals surface area contributed by atoms with Crippen LogP contribution in [0.4, 0.5) is 0 Å². The molecule has 0 fully saturated rings. The van der Waals surface area contributed by atoms with Crippen LogP contribution < -0.4 is 0 Å². The third kappa shape index (κ3) is 5.12. The van der Waals surface area contributed by atoms with E-state index in [1.807, 2.05) is 18.2 Å². The third-order valence-electron chi connectivity index (χ3n) is 12.3. The highest BCUT2D eigenvalue weighted by molar-refractivity contribution is 6.26. The van der Waals surface area contributed by atoms with Gasteiger partial charge in [-0.1, -0.05) is 121 Å². The van der Waals surface area contributed by atoms with Crippen LogP contribution in [0.15, 0.2) is 200 Å². The second-order valence-corrected chi connectivity index (χ2v) is 15.5. The van der Waals surface area contributed by atoms with E-state index in [9.17, 15) is 10.5 Å². The number of hydrogen-bond donors (Lipinski definition) is 0. The lowest BCUT2D eigenvalue weighted by Crippen LogP contribution is -1.98. The molecule has 12 aromatic rings. The van der Waals surface area contributed by atoms with Gasteiger partial charge < -0.3 is 13.7 Å². The van der Waals surface area contributed by atoms with Gasteiger partial charge in [-0.05, 0) is 101 Å². The van der Waals surface area contributed by atoms with Crippen LogP contribution in [-0.4, -0.2) is 13.7 Å². The number of fused-ring (bicyclic) bond motifs is 10. The number of para-hydroxylation sites is 4. The molecule has 0 aliphatic rings. The molecule has 282 valence electrons. The Labute approximate surface area is 351 Å². The lowest BCUT2D eigenvalue weighted by atomic mass is 9.92. The van der Waals surface area contributed by atoms with Gasteiger partial charge in [-0.15, -0.1) is 0 Å². The highest BCUT2D eigenvalue weighted by Crippen LogP contribution is 2.44. The predicted molar refractivity (Wildman–Crippen MR) is 250 cm³/mol. The zero-order valence-corrected chi connectivity index (χ0v) is 32.8. The van der Waals surface area contributed by atoms with E-state index < -0.39 is 0 Å². The molecule has 0 amide bonds. The van der Waals surface area contributed by atoms with E-state index in [0.29, 0.717) is 11.1 Å². The summed E-state index contributed by atoms with van der Waals surface area (Å²) >= 11 is 0. The zero-order chi connectivity index (χ0) is 40.6. The minimum Gasteiger partial charge on any atom is -0.309 e. The van der Waals surface area contributed by atoms with Crippen molar-refractivity contribution in [3.63, 3.8) is 0 Å². The van der Waals surface area contributed by atoms with Gasteiger partial charge in [0.05, 0.1) is 44.2 Å². The normalized spacial score (nSPS) is 11.6. The summed E-state index contributed by atoms with van der Waals surface area (Å²) < 4.78 is 7.22. The van der Waals surface area contributed by atoms with Crippen molar-refractivity contribution in [1.29, 1.82) is 10.5 Å². The fourth-order valence-corrected chi connectivity index (χ4v) is 9.69. The first kappa shape index (κ1) is 34.4. The smallest absolute Gasteiger partial charge is 0.101 e. The van der Waals surface area contributed by atoms with Gasteiger partial charge in [0.25, 0.3) is 0 Å². The molecular formula is C56H33N5. The molecule has 61 heavy (non-hydrogen) atoms. The summed E-state index contributed by atoms with van der Waals surface area (Å²) in [6, 6.07) is 75.2. The van der Waals surface area contributed by atoms with Gasteiger partial charge in [0.15, 0.2) is 0 Å². The van der Waals surface area contributed by atoms with E-state index in [1.54, 1.807) is 6.07 Å². The molecule has 3 aromatic heterocycles. The van der Waals surface area contributed by atoms with Crippen LogP contribution >= 0.6 is 0 Å². The number of hydrogen-bond acceptors (Lipinski definition) is 2. The molecule has 0 saturated carbocycles. The Morgan fingerprint density at radius 2 is 0.869 bits per heavy atom. The number of benzene rings is 9. The lowest BCUT2D eigenvalue weighted by Gasteiger charge is -2.16. The molecule has 0 aliphatic heterocycles. The van der Waals surface area contributed by atoms with E-state index in [-0.39, 0.29) is 0 Å². The average molecular weight is 776 g/mol. The predicted octanol–water partition coefficient (Wildman–Crippen LogP) is 14.1. The van der Waals surface area contributed by atoms with Crippen LogP contribution in [0.5, 0.6) is 0 Å². The third-order valence-corrected chi connectivity index (χ3v) is 12.3. The van der Waals surface area contributed by atoms with E-state index in [2.05, 4.69) is 202 Å². The SMILES string of the molecule is N#Cc1ccc(-c2ccc(-n3c4ccc(-n5c6ccccc6c6ccccc65)cc4c4ccc5c(c6ccccc6n5-c5ccccc5)c43)cc2-c2ccccc2)cc1C#N. The monoisotopic (exact) mass is 775 g/mol. The standard InChI is InChI=1S/C56H33N5/c57-34-38-24-23-37(31-39(38)35-58)43-27-25-42(32-48(43)36-13-3-1-4-14-36)61-53-29-26-41(60-50-20-10-7-17-44(50)45-18-8-11-21-51(45)60)33-49(53)46-28-30-54-55(56(46)61)47-19-9-12-22-52(47)59(54)40-15-5-2-6-16-40/h1-33H. The highest BCUT2D eigenvalue weighted by atomic mass is 15.0. The van der Waals surface area contributed by atoms with Gasteiger partial charge in [0, 0.05) is 49.4 Å². The minimum atomic E-state index is 0.363. The molecule has 5 nitrogen and oxygen atoms in total. The summed E-state index contributed by atoms with van der Waals surface area (Å²) in [6.07, 6.45) is 0. The Hall–Kier alpha value is -8.64. The topological polar surface area (TPSA) is 62.4 Å². The van der Waals surface area contributed by atoms with Gasteiger partial charge >= 0.3 is 0 Å². The van der Waals surface area contributed by atoms with Gasteiger partial charge in [0.1, 0.15) is 12.1 Å². The first-order valence-electron chi connectivity index (χ1n) is 20.4. The Kier molecular flexibility index (Phi) is 7.59. The lowest BCUT2D eigenvalue weighted by molar-refractivity contribution is 1.17. The van der Waals surface area contributed by atoms with Crippen LogP contribution in [0.2, 0.25) is 0 Å². The molecule has 3 heterocycles. The van der Waals surface area contributed by atoms with Gasteiger partial charge in [-0.3, -0.25) is 0 Å². The minimum absolute atomic E-state index is 0.363. The molecule has 9 aromatic carbocycles. The summed E-state index contributed by atoms with van der Waals surface area (Å²) in [5.41, 5.74) is 14.8. The maximum Gasteiger partial charge on any atom is 0.101 e. The Balaban J connectivity index is 1.21. The quantitative estimate of drug-likeness (QED) is 0.175. The molecule has 0 saturated heterocycles. The summed E-state index contributed by atoms with van der Waals surface area (Å²) in [6.45, 7) is 0. The summed E-state index contributed by atoms with van der Waals surface area (Å²) in [4.78, 5) is 0. The second-order valence-electron chi connectivity index (χ2n) is 15.5. The Morgan fingerprint density at radius 1 is 0.311 bits per heavy atom. The Bertz CT molecular complexity index is 3780. The largest absolute Gasteiger partial charge is 0.309 e. The van der Waals surface area contributed by atoms with Crippen molar-refractivity contribution in [1.82, 2.24) is 13.7 Å². The van der Waals surface area contributed by atoms with Crippen LogP contribution in [0, 0.1) is 22.7 Å².